The van der Waals surface area contributed by atoms with Crippen molar-refractivity contribution < 1.29 is 33.0 Å². The summed E-state index contributed by atoms with van der Waals surface area (Å²) in [5.74, 6) is -0.453. The number of esters is 1. The van der Waals surface area contributed by atoms with Gasteiger partial charge in [0.25, 0.3) is 11.6 Å². The number of aromatic amines is 1. The van der Waals surface area contributed by atoms with Crippen LogP contribution in [0.4, 0.5) is 0 Å². The first-order valence-corrected chi connectivity index (χ1v) is 13.4. The van der Waals surface area contributed by atoms with Crippen LogP contribution in [0.3, 0.4) is 0 Å². The minimum Gasteiger partial charge on any atom is -0.462 e. The van der Waals surface area contributed by atoms with Crippen LogP contribution in [-0.2, 0) is 23.4 Å². The lowest BCUT2D eigenvalue weighted by atomic mass is 10.1. The van der Waals surface area contributed by atoms with Gasteiger partial charge in [0.2, 0.25) is 6.23 Å². The molecule has 1 saturated heterocycles. The van der Waals surface area contributed by atoms with Crippen molar-refractivity contribution in [3.05, 3.63) is 68.6 Å². The predicted octanol–water partition coefficient (Wildman–Crippen LogP) is 2.89. The van der Waals surface area contributed by atoms with Gasteiger partial charge in [0, 0.05) is 11.8 Å². The third-order valence-electron chi connectivity index (χ3n) is 5.34. The molecule has 0 bridgehead atoms. The first kappa shape index (κ1) is 28.7. The van der Waals surface area contributed by atoms with Gasteiger partial charge in [-0.1, -0.05) is 18.2 Å². The molecule has 0 spiro atoms. The van der Waals surface area contributed by atoms with Crippen molar-refractivity contribution in [1.29, 1.82) is 0 Å². The smallest absolute Gasteiger partial charge is 0.459 e. The molecule has 1 aliphatic heterocycles. The zero-order valence-corrected chi connectivity index (χ0v) is 22.4. The second kappa shape index (κ2) is 12.1. The molecule has 1 aromatic heterocycles. The van der Waals surface area contributed by atoms with E-state index in [4.69, 9.17) is 37.3 Å². The Morgan fingerprint density at radius 2 is 2.03 bits per heavy atom. The summed E-state index contributed by atoms with van der Waals surface area (Å²) in [6, 6.07) is 6.04. The summed E-state index contributed by atoms with van der Waals surface area (Å²) in [6.45, 7) is 13.5. The molecular weight excluding hydrogens is 523 g/mol. The highest BCUT2D eigenvalue weighted by molar-refractivity contribution is 7.71. The Morgan fingerprint density at radius 1 is 1.35 bits per heavy atom. The number of aliphatic hydroxyl groups is 1. The molecule has 12 nitrogen and oxygen atoms in total. The first-order chi connectivity index (χ1) is 17.4. The summed E-state index contributed by atoms with van der Waals surface area (Å²) in [6.07, 6.45) is -2.44. The van der Waals surface area contributed by atoms with Gasteiger partial charge in [-0.2, -0.15) is 5.09 Å². The van der Waals surface area contributed by atoms with Gasteiger partial charge in [-0.15, -0.1) is 0 Å². The number of rotatable bonds is 10. The summed E-state index contributed by atoms with van der Waals surface area (Å²) in [5, 5.41) is 13.3. The Bertz CT molecular complexity index is 1310. The number of carbonyl (C=O) groups excluding carboxylic acids is 1. The highest BCUT2D eigenvalue weighted by Crippen LogP contribution is 2.46. The van der Waals surface area contributed by atoms with Crippen LogP contribution in [0.5, 0.6) is 5.75 Å². The Balaban J connectivity index is 1.81. The number of nitrogens with zero attached hydrogens (tertiary/aromatic N) is 2. The van der Waals surface area contributed by atoms with Gasteiger partial charge in [-0.3, -0.25) is 23.7 Å². The summed E-state index contributed by atoms with van der Waals surface area (Å²) in [4.78, 5) is 30.1. The van der Waals surface area contributed by atoms with Crippen molar-refractivity contribution in [2.45, 2.75) is 64.3 Å². The van der Waals surface area contributed by atoms with Crippen LogP contribution in [0.2, 0.25) is 0 Å². The Morgan fingerprint density at radius 3 is 2.65 bits per heavy atom. The average Bonchev–Trinajstić information content (AvgIpc) is 3.15. The van der Waals surface area contributed by atoms with E-state index in [1.807, 2.05) is 0 Å². The molecule has 1 unspecified atom stereocenters. The molecule has 200 valence electrons. The molecule has 3 rings (SSSR count). The number of hydrogen-bond acceptors (Lipinski definition) is 9. The second-order valence-electron chi connectivity index (χ2n) is 8.69. The minimum atomic E-state index is -4.21. The van der Waals surface area contributed by atoms with Gasteiger partial charge in [0.1, 0.15) is 17.9 Å². The van der Waals surface area contributed by atoms with Crippen molar-refractivity contribution in [2.24, 2.45) is 0 Å². The number of benzene rings is 1. The van der Waals surface area contributed by atoms with Crippen LogP contribution in [0.15, 0.2) is 41.3 Å². The van der Waals surface area contributed by atoms with Crippen molar-refractivity contribution >= 4 is 25.9 Å². The second-order valence-corrected chi connectivity index (χ2v) is 10.8. The maximum Gasteiger partial charge on any atom is 0.459 e. The third-order valence-corrected chi connectivity index (χ3v) is 7.30. The van der Waals surface area contributed by atoms with Crippen LogP contribution in [-0.4, -0.2) is 57.6 Å². The SMILES string of the molecule is [C-]#[N+][C@@H]1C(O)[C@H](CO[P@](=O)(N[C@@H](C)C(=O)OC(C)C)Oc2ccccc2)O[C@@H]1n1cc(C)c(=O)[nH]c1=S. The van der Waals surface area contributed by atoms with Gasteiger partial charge in [0.15, 0.2) is 10.9 Å². The van der Waals surface area contributed by atoms with Gasteiger partial charge in [-0.25, -0.2) is 11.1 Å². The highest BCUT2D eigenvalue weighted by Gasteiger charge is 2.51. The van der Waals surface area contributed by atoms with E-state index in [2.05, 4.69) is 14.9 Å². The normalized spacial score (nSPS) is 23.7. The van der Waals surface area contributed by atoms with Gasteiger partial charge in [-0.05, 0) is 52.0 Å². The predicted molar refractivity (Wildman–Crippen MR) is 135 cm³/mol. The van der Waals surface area contributed by atoms with Crippen LogP contribution in [0.1, 0.15) is 32.6 Å². The number of aliphatic hydroxyl groups excluding tert-OH is 1. The zero-order valence-electron chi connectivity index (χ0n) is 20.7. The molecule has 37 heavy (non-hydrogen) atoms. The van der Waals surface area contributed by atoms with Crippen LogP contribution in [0.25, 0.3) is 4.85 Å². The van der Waals surface area contributed by atoms with Crippen molar-refractivity contribution in [3.8, 4) is 5.75 Å². The molecular formula is C23H29N4O8PS. The number of hydrogen-bond donors (Lipinski definition) is 3. The van der Waals surface area contributed by atoms with Crippen molar-refractivity contribution in [2.75, 3.05) is 6.61 Å². The molecule has 6 atom stereocenters. The van der Waals surface area contributed by atoms with E-state index in [-0.39, 0.29) is 22.2 Å². The van der Waals surface area contributed by atoms with Gasteiger partial charge < -0.3 is 23.9 Å². The van der Waals surface area contributed by atoms with Crippen LogP contribution in [0, 0.1) is 18.3 Å². The molecule has 14 heteroatoms. The maximum absolute atomic E-state index is 13.7. The van der Waals surface area contributed by atoms with E-state index in [0.29, 0.717) is 5.56 Å². The summed E-state index contributed by atoms with van der Waals surface area (Å²) >= 11 is 5.21. The van der Waals surface area contributed by atoms with Gasteiger partial charge in [0.05, 0.1) is 12.7 Å². The van der Waals surface area contributed by atoms with E-state index >= 15 is 0 Å². The number of aryl methyl sites for hydroxylation is 1. The maximum atomic E-state index is 13.7. The molecule has 1 aromatic carbocycles. The number of H-pyrrole nitrogens is 1. The van der Waals surface area contributed by atoms with Gasteiger partial charge >= 0.3 is 13.7 Å². The third kappa shape index (κ3) is 7.13. The fourth-order valence-corrected chi connectivity index (χ4v) is 5.27. The van der Waals surface area contributed by atoms with Crippen molar-refractivity contribution in [1.82, 2.24) is 14.6 Å². The monoisotopic (exact) mass is 552 g/mol. The first-order valence-electron chi connectivity index (χ1n) is 11.4. The molecule has 1 fully saturated rings. The number of ether oxygens (including phenoxy) is 2. The van der Waals surface area contributed by atoms with Crippen molar-refractivity contribution in [3.63, 3.8) is 0 Å². The number of carbonyl (C=O) groups is 1. The van der Waals surface area contributed by atoms with Crippen LogP contribution < -0.4 is 15.2 Å². The van der Waals surface area contributed by atoms with E-state index < -0.39 is 50.8 Å². The van der Waals surface area contributed by atoms with E-state index in [9.17, 15) is 19.3 Å². The molecule has 0 saturated carbocycles. The van der Waals surface area contributed by atoms with Crippen LogP contribution >= 0.6 is 20.0 Å². The summed E-state index contributed by atoms with van der Waals surface area (Å²) in [5.41, 5.74) is -0.0448. The summed E-state index contributed by atoms with van der Waals surface area (Å²) < 4.78 is 37.3. The Labute approximate surface area is 218 Å². The lowest BCUT2D eigenvalue weighted by Gasteiger charge is -2.24. The molecule has 1 aliphatic rings. The number of para-hydroxylation sites is 1. The molecule has 2 heterocycles. The molecule has 3 N–H and O–H groups in total. The lowest BCUT2D eigenvalue weighted by molar-refractivity contribution is -0.149. The van der Waals surface area contributed by atoms with E-state index in [0.717, 1.165) is 0 Å². The fraction of sp³-hybridized carbons (Fsp3) is 0.478. The fourth-order valence-electron chi connectivity index (χ4n) is 3.52. The zero-order chi connectivity index (χ0) is 27.3. The largest absolute Gasteiger partial charge is 0.462 e. The molecule has 2 aromatic rings. The molecule has 0 amide bonds. The number of nitrogens with one attached hydrogen (secondary N) is 2. The number of aromatic nitrogens is 2. The Hall–Kier alpha value is -2.85. The quantitative estimate of drug-likeness (QED) is 0.174. The average molecular weight is 553 g/mol. The molecule has 0 radical (unpaired) electrons. The Kier molecular flexibility index (Phi) is 9.41. The van der Waals surface area contributed by atoms with E-state index in [1.54, 1.807) is 51.1 Å². The highest BCUT2D eigenvalue weighted by atomic mass is 32.1. The van der Waals surface area contributed by atoms with E-state index in [1.165, 1.54) is 17.7 Å². The standard InChI is InChI=1S/C23H29N4O8PS/c1-13(2)33-22(30)15(4)26-36(31,35-16-9-7-6-8-10-16)32-12-17-19(28)18(24-5)21(34-17)27-11-14(3)20(29)25-23(27)37/h6-11,13,15,17-19,21,28H,12H2,1-4H3,(H,26,31)(H,25,29,37)/t15-,17-,18+,19?,21-,36+/m0/s1. The molecule has 0 aliphatic carbocycles. The minimum absolute atomic E-state index is 0.0141. The topological polar surface area (TPSA) is 145 Å². The summed E-state index contributed by atoms with van der Waals surface area (Å²) in [7, 11) is -4.21. The lowest BCUT2D eigenvalue weighted by Crippen LogP contribution is -2.37.